The number of esters is 1. The lowest BCUT2D eigenvalue weighted by atomic mass is 9.95. The van der Waals surface area contributed by atoms with Crippen LogP contribution in [0.25, 0.3) is 10.8 Å². The molecule has 3 aromatic rings. The first-order chi connectivity index (χ1) is 10.7. The van der Waals surface area contributed by atoms with Crippen molar-refractivity contribution in [2.75, 3.05) is 7.11 Å². The zero-order chi connectivity index (χ0) is 15.5. The molecule has 110 valence electrons. The van der Waals surface area contributed by atoms with Gasteiger partial charge in [-0.15, -0.1) is 0 Å². The van der Waals surface area contributed by atoms with Gasteiger partial charge in [-0.25, -0.2) is 4.79 Å². The maximum absolute atomic E-state index is 11.9. The maximum Gasteiger partial charge on any atom is 0.337 e. The van der Waals surface area contributed by atoms with Crippen LogP contribution < -0.4 is 0 Å². The minimum atomic E-state index is -0.295. The van der Waals surface area contributed by atoms with Gasteiger partial charge in [0.25, 0.3) is 0 Å². The molecule has 0 bridgehead atoms. The van der Waals surface area contributed by atoms with Crippen LogP contribution >= 0.6 is 0 Å². The second-order valence-corrected chi connectivity index (χ2v) is 5.51. The fraction of sp³-hybridized carbons (Fsp3) is 0.150. The predicted molar refractivity (Wildman–Crippen MR) is 89.3 cm³/mol. The molecule has 0 aliphatic heterocycles. The third kappa shape index (κ3) is 2.86. The van der Waals surface area contributed by atoms with E-state index >= 15 is 0 Å². The number of aryl methyl sites for hydroxylation is 1. The number of hydrogen-bond donors (Lipinski definition) is 0. The summed E-state index contributed by atoms with van der Waals surface area (Å²) in [5.74, 6) is -0.295. The molecule has 2 nitrogen and oxygen atoms in total. The average molecular weight is 290 g/mol. The Labute approximate surface area is 130 Å². The smallest absolute Gasteiger partial charge is 0.337 e. The van der Waals surface area contributed by atoms with Gasteiger partial charge in [0.15, 0.2) is 0 Å². The van der Waals surface area contributed by atoms with E-state index in [-0.39, 0.29) is 5.97 Å². The van der Waals surface area contributed by atoms with Gasteiger partial charge in [0, 0.05) is 0 Å². The van der Waals surface area contributed by atoms with Crippen molar-refractivity contribution in [2.45, 2.75) is 13.3 Å². The summed E-state index contributed by atoms with van der Waals surface area (Å²) in [6.45, 7) is 2.08. The van der Waals surface area contributed by atoms with Crippen LogP contribution in [0.2, 0.25) is 0 Å². The Morgan fingerprint density at radius 3 is 2.50 bits per heavy atom. The molecular formula is C20H18O2. The fourth-order valence-electron chi connectivity index (χ4n) is 2.75. The number of benzene rings is 3. The van der Waals surface area contributed by atoms with E-state index in [2.05, 4.69) is 37.3 Å². The fourth-order valence-corrected chi connectivity index (χ4v) is 2.75. The first kappa shape index (κ1) is 14.3. The Balaban J connectivity index is 2.16. The van der Waals surface area contributed by atoms with E-state index < -0.39 is 0 Å². The molecular weight excluding hydrogens is 272 g/mol. The number of rotatable bonds is 3. The highest BCUT2D eigenvalue weighted by atomic mass is 16.5. The van der Waals surface area contributed by atoms with Crippen LogP contribution in [0.4, 0.5) is 0 Å². The molecule has 0 amide bonds. The lowest BCUT2D eigenvalue weighted by molar-refractivity contribution is 0.0601. The van der Waals surface area contributed by atoms with Crippen LogP contribution in [0.3, 0.4) is 0 Å². The summed E-state index contributed by atoms with van der Waals surface area (Å²) in [6.07, 6.45) is 0.797. The van der Waals surface area contributed by atoms with Gasteiger partial charge in [0.05, 0.1) is 12.7 Å². The van der Waals surface area contributed by atoms with Gasteiger partial charge < -0.3 is 4.74 Å². The standard InChI is InChI=1S/C20H18O2/c1-14-8-9-16-12-18(20(21)22-2)13-17(19(16)10-14)11-15-6-4-3-5-7-15/h3-10,12-13H,11H2,1-2H3. The molecule has 22 heavy (non-hydrogen) atoms. The summed E-state index contributed by atoms with van der Waals surface area (Å²) in [5.41, 5.74) is 4.19. The molecule has 0 aliphatic rings. The Morgan fingerprint density at radius 2 is 1.77 bits per heavy atom. The van der Waals surface area contributed by atoms with Crippen molar-refractivity contribution in [1.82, 2.24) is 0 Å². The van der Waals surface area contributed by atoms with Gasteiger partial charge in [-0.1, -0.05) is 54.1 Å². The molecule has 0 heterocycles. The van der Waals surface area contributed by atoms with Crippen LogP contribution in [0.1, 0.15) is 27.0 Å². The number of methoxy groups -OCH3 is 1. The highest BCUT2D eigenvalue weighted by molar-refractivity contribution is 5.97. The average Bonchev–Trinajstić information content (AvgIpc) is 2.55. The summed E-state index contributed by atoms with van der Waals surface area (Å²) < 4.78 is 4.88. The third-order valence-corrected chi connectivity index (χ3v) is 3.85. The van der Waals surface area contributed by atoms with E-state index in [1.165, 1.54) is 23.6 Å². The van der Waals surface area contributed by atoms with E-state index in [0.717, 1.165) is 17.4 Å². The summed E-state index contributed by atoms with van der Waals surface area (Å²) >= 11 is 0. The van der Waals surface area contributed by atoms with Crippen molar-refractivity contribution < 1.29 is 9.53 Å². The van der Waals surface area contributed by atoms with Crippen LogP contribution in [-0.4, -0.2) is 13.1 Å². The Morgan fingerprint density at radius 1 is 1.00 bits per heavy atom. The molecule has 0 unspecified atom stereocenters. The zero-order valence-electron chi connectivity index (χ0n) is 12.8. The summed E-state index contributed by atoms with van der Waals surface area (Å²) in [5, 5.41) is 2.26. The molecule has 0 saturated carbocycles. The lowest BCUT2D eigenvalue weighted by Crippen LogP contribution is -2.03. The SMILES string of the molecule is COC(=O)c1cc(Cc2ccccc2)c2cc(C)ccc2c1. The minimum Gasteiger partial charge on any atom is -0.465 e. The Hall–Kier alpha value is -2.61. The predicted octanol–water partition coefficient (Wildman–Crippen LogP) is 4.53. The summed E-state index contributed by atoms with van der Waals surface area (Å²) in [6, 6.07) is 20.4. The molecule has 3 rings (SSSR count). The van der Waals surface area contributed by atoms with Gasteiger partial charge in [-0.3, -0.25) is 0 Å². The van der Waals surface area contributed by atoms with Crippen molar-refractivity contribution in [3.05, 3.63) is 82.9 Å². The van der Waals surface area contributed by atoms with Crippen molar-refractivity contribution in [3.8, 4) is 0 Å². The van der Waals surface area contributed by atoms with E-state index in [4.69, 9.17) is 4.74 Å². The largest absolute Gasteiger partial charge is 0.465 e. The highest BCUT2D eigenvalue weighted by Crippen LogP contribution is 2.25. The quantitative estimate of drug-likeness (QED) is 0.663. The second kappa shape index (κ2) is 6.02. The molecule has 0 spiro atoms. The van der Waals surface area contributed by atoms with Gasteiger partial charge in [0.2, 0.25) is 0 Å². The molecule has 2 heteroatoms. The molecule has 0 aliphatic carbocycles. The monoisotopic (exact) mass is 290 g/mol. The lowest BCUT2D eigenvalue weighted by Gasteiger charge is -2.11. The van der Waals surface area contributed by atoms with E-state index in [1.807, 2.05) is 30.3 Å². The number of carbonyl (C=O) groups excluding carboxylic acids is 1. The van der Waals surface area contributed by atoms with Gasteiger partial charge in [-0.05, 0) is 47.4 Å². The number of carbonyl (C=O) groups is 1. The number of hydrogen-bond acceptors (Lipinski definition) is 2. The molecule has 0 aromatic heterocycles. The van der Waals surface area contributed by atoms with Gasteiger partial charge in [-0.2, -0.15) is 0 Å². The topological polar surface area (TPSA) is 26.3 Å². The van der Waals surface area contributed by atoms with Crippen molar-refractivity contribution >= 4 is 16.7 Å². The summed E-state index contributed by atoms with van der Waals surface area (Å²) in [7, 11) is 1.42. The minimum absolute atomic E-state index is 0.295. The van der Waals surface area contributed by atoms with Gasteiger partial charge in [0.1, 0.15) is 0 Å². The van der Waals surface area contributed by atoms with E-state index in [9.17, 15) is 4.79 Å². The van der Waals surface area contributed by atoms with Crippen LogP contribution in [0.5, 0.6) is 0 Å². The van der Waals surface area contributed by atoms with Crippen LogP contribution in [0.15, 0.2) is 60.7 Å². The molecule has 0 saturated heterocycles. The maximum atomic E-state index is 11.9. The van der Waals surface area contributed by atoms with Crippen molar-refractivity contribution in [2.24, 2.45) is 0 Å². The molecule has 0 N–H and O–H groups in total. The van der Waals surface area contributed by atoms with Gasteiger partial charge >= 0.3 is 5.97 Å². The summed E-state index contributed by atoms with van der Waals surface area (Å²) in [4.78, 5) is 11.9. The normalized spacial score (nSPS) is 10.6. The zero-order valence-corrected chi connectivity index (χ0v) is 12.8. The number of fused-ring (bicyclic) bond motifs is 1. The van der Waals surface area contributed by atoms with Crippen molar-refractivity contribution in [1.29, 1.82) is 0 Å². The second-order valence-electron chi connectivity index (χ2n) is 5.51. The van der Waals surface area contributed by atoms with Crippen LogP contribution in [-0.2, 0) is 11.2 Å². The first-order valence-electron chi connectivity index (χ1n) is 7.33. The molecule has 0 atom stereocenters. The van der Waals surface area contributed by atoms with Crippen molar-refractivity contribution in [3.63, 3.8) is 0 Å². The highest BCUT2D eigenvalue weighted by Gasteiger charge is 2.11. The van der Waals surface area contributed by atoms with E-state index in [1.54, 1.807) is 0 Å². The molecule has 0 radical (unpaired) electrons. The Bertz CT molecular complexity index is 820. The molecule has 3 aromatic carbocycles. The van der Waals surface area contributed by atoms with E-state index in [0.29, 0.717) is 5.56 Å². The molecule has 0 fully saturated rings. The van der Waals surface area contributed by atoms with Crippen LogP contribution in [0, 0.1) is 6.92 Å². The Kier molecular flexibility index (Phi) is 3.92. The third-order valence-electron chi connectivity index (χ3n) is 3.85. The number of ether oxygens (including phenoxy) is 1. The first-order valence-corrected chi connectivity index (χ1v) is 7.33.